The van der Waals surface area contributed by atoms with Gasteiger partial charge in [0.15, 0.2) is 18.2 Å². The van der Waals surface area contributed by atoms with Crippen LogP contribution in [0, 0.1) is 0 Å². The number of hydrogen-bond acceptors (Lipinski definition) is 24. The zero-order valence-corrected chi connectivity index (χ0v) is 108. The quantitative estimate of drug-likeness (QED) is 0.00336. The minimum absolute atomic E-state index is 0. The molecule has 3 radical (unpaired) electrons. The summed E-state index contributed by atoms with van der Waals surface area (Å²) in [5, 5.41) is 57.9. The number of aliphatic carboxylic acids is 1. The van der Waals surface area contributed by atoms with Crippen LogP contribution in [0.1, 0.15) is 94.6 Å². The molecule has 18 aromatic rings. The Morgan fingerprint density at radius 2 is 0.853 bits per heavy atom. The van der Waals surface area contributed by atoms with E-state index in [-0.39, 0.29) is 180 Å². The fourth-order valence-electron chi connectivity index (χ4n) is 12.3. The first kappa shape index (κ1) is 144. The molecule has 0 aliphatic carbocycles. The fraction of sp³-hybridized carbons (Fsp3) is 0.143. The molecular formula is C105H95AlBBrCl11K2N3NaO17S7Se. The Balaban J connectivity index is 0. The van der Waals surface area contributed by atoms with Crippen molar-refractivity contribution in [2.45, 2.75) is 77.3 Å². The van der Waals surface area contributed by atoms with Crippen molar-refractivity contribution in [1.82, 2.24) is 0 Å². The van der Waals surface area contributed by atoms with Crippen LogP contribution in [0.5, 0.6) is 0 Å². The number of thiophene rings is 5. The summed E-state index contributed by atoms with van der Waals surface area (Å²) in [7, 11) is 14.8. The third-order valence-electron chi connectivity index (χ3n) is 18.6. The van der Waals surface area contributed by atoms with Crippen molar-refractivity contribution in [1.29, 1.82) is 0 Å². The van der Waals surface area contributed by atoms with Gasteiger partial charge in [-0.2, -0.15) is 0 Å². The van der Waals surface area contributed by atoms with Crippen molar-refractivity contribution in [3.63, 3.8) is 0 Å². The molecule has 0 saturated heterocycles. The number of thiol groups is 1. The molecule has 20 nitrogen and oxygen atoms in total. The first-order chi connectivity index (χ1) is 69.4. The Labute approximate surface area is 1080 Å². The van der Waals surface area contributed by atoms with E-state index in [1.165, 1.54) is 72.1 Å². The van der Waals surface area contributed by atoms with Gasteiger partial charge in [-0.3, -0.25) is 33.6 Å². The maximum Gasteiger partial charge on any atom is 1.00 e. The van der Waals surface area contributed by atoms with Gasteiger partial charge in [0.05, 0.1) is 11.4 Å². The molecule has 5 heterocycles. The summed E-state index contributed by atoms with van der Waals surface area (Å²) in [5.74, 6) is -2.96. The number of amides is 2. The van der Waals surface area contributed by atoms with Crippen molar-refractivity contribution in [2.24, 2.45) is 0 Å². The van der Waals surface area contributed by atoms with Gasteiger partial charge < -0.3 is 53.8 Å². The van der Waals surface area contributed by atoms with Crippen molar-refractivity contribution >= 4 is 401 Å². The number of nitrogens with one attached hydrogen (secondary N) is 2. The Bertz CT molecular complexity index is 7310. The fourth-order valence-corrected chi connectivity index (χ4v) is 19.4. The van der Waals surface area contributed by atoms with Gasteiger partial charge in [0.2, 0.25) is 5.24 Å². The number of thioether (sulfide) groups is 1. The summed E-state index contributed by atoms with van der Waals surface area (Å²) < 4.78 is 37.8. The average Bonchev–Trinajstić information content (AvgIpc) is 1.65. The van der Waals surface area contributed by atoms with Crippen LogP contribution in [0.2, 0.25) is 35.2 Å². The number of anilines is 3. The van der Waals surface area contributed by atoms with Gasteiger partial charge in [-0.25, -0.2) is 34.9 Å². The van der Waals surface area contributed by atoms with Crippen LogP contribution in [0.15, 0.2) is 310 Å². The second-order valence-corrected chi connectivity index (χ2v) is 46.0. The van der Waals surface area contributed by atoms with Gasteiger partial charge >= 0.3 is 172 Å². The van der Waals surface area contributed by atoms with E-state index >= 15 is 0 Å². The van der Waals surface area contributed by atoms with Gasteiger partial charge in [0.1, 0.15) is 0 Å². The van der Waals surface area contributed by atoms with E-state index in [0.717, 1.165) is 100 Å². The molecule has 45 heteroatoms. The molecule has 2 unspecified atom stereocenters. The average molecular weight is 2580 g/mol. The number of aliphatic hydroxyl groups is 1. The van der Waals surface area contributed by atoms with E-state index in [1.807, 2.05) is 232 Å². The van der Waals surface area contributed by atoms with Crippen LogP contribution in [0.3, 0.4) is 0 Å². The van der Waals surface area contributed by atoms with Crippen LogP contribution in [-0.2, 0) is 50.7 Å². The number of rotatable bonds is 20. The van der Waals surface area contributed by atoms with Crippen LogP contribution in [0.4, 0.5) is 17.1 Å². The molecule has 150 heavy (non-hydrogen) atoms. The normalized spacial score (nSPS) is 10.2. The molecule has 2 atom stereocenters. The van der Waals surface area contributed by atoms with E-state index in [4.69, 9.17) is 154 Å². The molecule has 6 N–H and O–H groups in total. The summed E-state index contributed by atoms with van der Waals surface area (Å²) in [5.41, 5.74) is 9.60. The topological polar surface area (TPSA) is 321 Å². The van der Waals surface area contributed by atoms with Crippen molar-refractivity contribution in [3.05, 3.63) is 357 Å². The predicted octanol–water partition coefficient (Wildman–Crippen LogP) is 23.5. The molecule has 0 bridgehead atoms. The van der Waals surface area contributed by atoms with Crippen LogP contribution in [-0.4, -0.2) is 135 Å². The molecule has 0 aliphatic heterocycles. The standard InChI is InChI=1S/C20H14ClNO2S.C20H12ClNO2S.C11H15ClOS.C10H5ClO3S.C10H7ClOS.C10H9N.C8H5ClS.C6H13BrO2.C6H5ClS.C2H3ClO.CH2O3.CH4.Al.B.3ClH.2K.Na.O2Se.2H/c2*21-14-6-8-18-16(10-14)17(11-25-18)19(23)20(24)22-15-7-5-12-3-1-2-4-13(12)9-15;1-3-13-9(2)8-14-11-6-4-10(12)5-7-11;11-5-1-2-8-6(3-5)7(4-15-8)9(12)10(13)14;1-6(12)9-5-13-10-3-2-7(11)4-8(9)10;11-10-6-5-8-3-1-2-4-9(8)7-10;9-7-1-2-8-6(5-7)3-4-10-8;1-3-8-6(5-7)9-4-2;7-5-1-3-6(8)4-2-5;1-2(3)4;2-1-4-3;;;;;;;;;;1-3-2;;/h1-11,19,23H,(H,22,24);1-11H,(H,22,24);4-7,9H,3,8H2,1-2H3;1-4H,(H,13,14);2-5H,1H3;1-7H,11H2;1-5H;6H,3-5H2,1-2H3;1-4,8H;1H3;1,3H;1H4;;;3*1H;;;;;;/q;;;;;;;;;;;;+3;;;;;3*+1;;2*-1/p-4. The number of carbonyl (C=O) groups excluding carboxylic acids is 7. The molecule has 773 valence electrons. The Kier molecular flexibility index (Phi) is 76.6. The second-order valence-electron chi connectivity index (χ2n) is 28.9. The molecular weight excluding hydrogens is 2490 g/mol. The largest absolute Gasteiger partial charge is 1.00 e. The summed E-state index contributed by atoms with van der Waals surface area (Å²) in [6, 6.07) is 85.8. The van der Waals surface area contributed by atoms with Crippen LogP contribution >= 0.6 is 220 Å². The van der Waals surface area contributed by atoms with Crippen LogP contribution < -0.4 is 154 Å². The number of halogens is 12. The minimum Gasteiger partial charge on any atom is -1.00 e. The molecule has 0 spiro atoms. The number of hydrogen-bond donors (Lipinski definition) is 6. The van der Waals surface area contributed by atoms with E-state index in [0.29, 0.717) is 72.7 Å². The molecule has 18 rings (SSSR count). The molecule has 13 aromatic carbocycles. The van der Waals surface area contributed by atoms with E-state index in [1.54, 1.807) is 101 Å². The third kappa shape index (κ3) is 52.8. The number of ether oxygens (including phenoxy) is 3. The van der Waals surface area contributed by atoms with Crippen molar-refractivity contribution in [2.75, 3.05) is 47.3 Å². The van der Waals surface area contributed by atoms with Gasteiger partial charge in [0, 0.05) is 186 Å². The maximum atomic E-state index is 12.6. The zero-order valence-electron chi connectivity index (χ0n) is 82.8. The Morgan fingerprint density at radius 3 is 1.26 bits per heavy atom. The van der Waals surface area contributed by atoms with Gasteiger partial charge in [-0.05, 0) is 277 Å². The van der Waals surface area contributed by atoms with Crippen LogP contribution in [0.25, 0.3) is 82.7 Å². The number of ketones is 3. The Hall–Kier alpha value is -4.04. The number of nitrogen functional groups attached to an aromatic ring is 1. The summed E-state index contributed by atoms with van der Waals surface area (Å²) in [6.07, 6.45) is -1.01. The number of carboxylic acid groups (broad SMARTS) is 1. The number of benzene rings is 13. The van der Waals surface area contributed by atoms with E-state index in [2.05, 4.69) is 86.2 Å². The number of aliphatic hydroxyl groups excluding tert-OH is 1. The summed E-state index contributed by atoms with van der Waals surface area (Å²) in [4.78, 5) is 93.1. The van der Waals surface area contributed by atoms with Crippen molar-refractivity contribution < 1.29 is 216 Å². The SMILES string of the molecule is C.CC(=O)Cl.CC(=O)c1csc2ccc(Cl)cc12.CCOC(C)CSc1ccc(Cl)cc1.CCOC(CBr)OCC.Clc1ccc2sccc2c1.Nc1ccc2ccccc2c1.O=C(Nc1ccc2ccccc2c1)C(=O)c1csc2ccc(Cl)cc12.O=C(Nc1ccc2ccccc2c1)C(O)c1csc2ccc(Cl)cc12.O=C(O)C(=O)c1csc2ccc(Cl)cc12.O=CO[O-].O=[Se]=O.Sc1ccc(Cl)cc1.[B].[Cl][Al]([Cl])[Cl].[H-].[H-].[K+].[K+].[Na+]. The van der Waals surface area contributed by atoms with Gasteiger partial charge in [0.25, 0.3) is 29.9 Å². The van der Waals surface area contributed by atoms with E-state index in [9.17, 15) is 38.7 Å². The zero-order chi connectivity index (χ0) is 107. The monoisotopic (exact) mass is 2580 g/mol. The van der Waals surface area contributed by atoms with Gasteiger partial charge in [-0.1, -0.05) is 196 Å². The van der Waals surface area contributed by atoms with Gasteiger partial charge in [-0.15, -0.1) is 81.1 Å². The molecule has 0 aliphatic rings. The summed E-state index contributed by atoms with van der Waals surface area (Å²) >= 11 is 58.8. The summed E-state index contributed by atoms with van der Waals surface area (Å²) in [6.45, 7) is 12.9. The first-order valence-corrected chi connectivity index (χ1v) is 59.1. The van der Waals surface area contributed by atoms with Crippen molar-refractivity contribution in [3.8, 4) is 0 Å². The second kappa shape index (κ2) is 79.9. The minimum atomic E-state index is -1.72. The molecule has 2 amide bonds. The molecule has 5 aromatic heterocycles. The number of fused-ring (bicyclic) bond motifs is 8. The number of Topliss-reactive ketones (excluding diaryl/α,β-unsaturated/α-hetero) is 3. The molecule has 0 saturated carbocycles. The third-order valence-corrected chi connectivity index (χ3v) is 27.2. The molecule has 0 fully saturated rings. The smallest absolute Gasteiger partial charge is 1.00 e. The number of carbonyl (C=O) groups is 8. The number of carboxylic acids is 1. The maximum absolute atomic E-state index is 12.6. The Morgan fingerprint density at radius 1 is 0.500 bits per heavy atom. The number of nitrogens with two attached hydrogens (primary N) is 1. The predicted molar refractivity (Wildman–Crippen MR) is 631 cm³/mol. The first-order valence-electron chi connectivity index (χ1n) is 42.5. The van der Waals surface area contributed by atoms with E-state index < -0.39 is 61.7 Å². The number of alkyl halides is 1.